The van der Waals surface area contributed by atoms with Crippen LogP contribution in [0.5, 0.6) is 6.01 Å². The maximum atomic E-state index is 12.6. The molecular formula is C18H25N3O2. The van der Waals surface area contributed by atoms with Crippen LogP contribution in [0.2, 0.25) is 0 Å². The molecule has 0 saturated carbocycles. The van der Waals surface area contributed by atoms with Crippen LogP contribution in [0.15, 0.2) is 24.3 Å². The van der Waals surface area contributed by atoms with Crippen LogP contribution < -0.4 is 4.74 Å². The van der Waals surface area contributed by atoms with Crippen molar-refractivity contribution < 1.29 is 9.53 Å². The molecule has 0 fully saturated rings. The Morgan fingerprint density at radius 3 is 2.35 bits per heavy atom. The normalized spacial score (nSPS) is 11.8. The van der Waals surface area contributed by atoms with E-state index >= 15 is 0 Å². The molecule has 0 unspecified atom stereocenters. The van der Waals surface area contributed by atoms with Gasteiger partial charge in [0.25, 0.3) is 0 Å². The van der Waals surface area contributed by atoms with Gasteiger partial charge in [-0.15, -0.1) is 5.10 Å². The zero-order valence-electron chi connectivity index (χ0n) is 14.8. The lowest BCUT2D eigenvalue weighted by molar-refractivity contribution is 0.0838. The van der Waals surface area contributed by atoms with Crippen molar-refractivity contribution in [3.8, 4) is 17.4 Å². The Balaban J connectivity index is 2.44. The molecule has 0 N–H and O–H groups in total. The molecule has 0 atom stereocenters. The third-order valence-corrected chi connectivity index (χ3v) is 3.16. The molecule has 1 heterocycles. The van der Waals surface area contributed by atoms with E-state index in [-0.39, 0.29) is 23.4 Å². The fourth-order valence-electron chi connectivity index (χ4n) is 2.15. The molecule has 0 radical (unpaired) electrons. The van der Waals surface area contributed by atoms with E-state index in [0.29, 0.717) is 12.2 Å². The van der Waals surface area contributed by atoms with E-state index in [2.05, 4.69) is 10.1 Å². The Labute approximate surface area is 137 Å². The molecule has 5 nitrogen and oxygen atoms in total. The van der Waals surface area contributed by atoms with Gasteiger partial charge < -0.3 is 4.74 Å². The summed E-state index contributed by atoms with van der Waals surface area (Å²) in [6.07, 6.45) is 0.338. The molecule has 0 aliphatic rings. The van der Waals surface area contributed by atoms with Gasteiger partial charge in [-0.05, 0) is 26.2 Å². The van der Waals surface area contributed by atoms with Crippen molar-refractivity contribution in [1.82, 2.24) is 14.8 Å². The Kier molecular flexibility index (Phi) is 4.88. The van der Waals surface area contributed by atoms with E-state index in [4.69, 9.17) is 4.74 Å². The van der Waals surface area contributed by atoms with E-state index < -0.39 is 0 Å². The van der Waals surface area contributed by atoms with Crippen LogP contribution in [0.1, 0.15) is 51.4 Å². The van der Waals surface area contributed by atoms with Crippen LogP contribution >= 0.6 is 0 Å². The second kappa shape index (κ2) is 6.52. The van der Waals surface area contributed by atoms with Crippen molar-refractivity contribution in [1.29, 1.82) is 0 Å². The van der Waals surface area contributed by atoms with Gasteiger partial charge in [0.15, 0.2) is 5.82 Å². The summed E-state index contributed by atoms with van der Waals surface area (Å²) in [5, 5.41) is 4.27. The number of carbonyl (C=O) groups excluding carboxylic acids is 1. The molecule has 0 amide bonds. The molecule has 0 bridgehead atoms. The summed E-state index contributed by atoms with van der Waals surface area (Å²) < 4.78 is 6.93. The quantitative estimate of drug-likeness (QED) is 0.851. The molecule has 2 aromatic rings. The second-order valence-corrected chi connectivity index (χ2v) is 7.29. The minimum absolute atomic E-state index is 0.0468. The smallest absolute Gasteiger partial charge is 0.336 e. The number of nitrogens with zero attached hydrogens (tertiary/aromatic N) is 3. The summed E-state index contributed by atoms with van der Waals surface area (Å²) in [6.45, 7) is 11.9. The number of aromatic nitrogens is 3. The van der Waals surface area contributed by atoms with Crippen LogP contribution in [0, 0.1) is 12.3 Å². The predicted molar refractivity (Wildman–Crippen MR) is 90.7 cm³/mol. The lowest BCUT2D eigenvalue weighted by Crippen LogP contribution is -2.21. The van der Waals surface area contributed by atoms with Crippen LogP contribution in [0.4, 0.5) is 0 Å². The first kappa shape index (κ1) is 17.2. The van der Waals surface area contributed by atoms with E-state index in [1.165, 1.54) is 4.68 Å². The number of carbonyl (C=O) groups is 1. The summed E-state index contributed by atoms with van der Waals surface area (Å²) in [5.74, 6) is 0.439. The predicted octanol–water partition coefficient (Wildman–Crippen LogP) is 4.12. The number of rotatable bonds is 4. The van der Waals surface area contributed by atoms with Gasteiger partial charge in [-0.3, -0.25) is 4.79 Å². The second-order valence-electron chi connectivity index (χ2n) is 7.29. The molecule has 2 rings (SSSR count). The van der Waals surface area contributed by atoms with Crippen LogP contribution in [-0.4, -0.2) is 26.8 Å². The molecule has 0 aliphatic heterocycles. The van der Waals surface area contributed by atoms with Crippen LogP contribution in [0.3, 0.4) is 0 Å². The van der Waals surface area contributed by atoms with Crippen LogP contribution in [-0.2, 0) is 0 Å². The maximum absolute atomic E-state index is 12.6. The van der Waals surface area contributed by atoms with Crippen molar-refractivity contribution in [2.45, 2.75) is 54.1 Å². The van der Waals surface area contributed by atoms with Gasteiger partial charge in [-0.25, -0.2) is 0 Å². The van der Waals surface area contributed by atoms with Gasteiger partial charge in [0, 0.05) is 12.0 Å². The highest BCUT2D eigenvalue weighted by molar-refractivity contribution is 5.82. The van der Waals surface area contributed by atoms with Gasteiger partial charge in [0.05, 0.1) is 6.10 Å². The fourth-order valence-corrected chi connectivity index (χ4v) is 2.15. The number of hydrogen-bond acceptors (Lipinski definition) is 4. The van der Waals surface area contributed by atoms with Crippen molar-refractivity contribution in [3.05, 3.63) is 29.8 Å². The topological polar surface area (TPSA) is 57.0 Å². The maximum Gasteiger partial charge on any atom is 0.336 e. The molecule has 124 valence electrons. The Hall–Kier alpha value is -2.17. The SMILES string of the molecule is Cc1ccc(-c2nc(OC(C)C)nn2C(=O)CC(C)(C)C)cc1. The summed E-state index contributed by atoms with van der Waals surface area (Å²) in [5.41, 5.74) is 1.88. The zero-order chi connectivity index (χ0) is 17.2. The molecule has 23 heavy (non-hydrogen) atoms. The monoisotopic (exact) mass is 315 g/mol. The average Bonchev–Trinajstić information content (AvgIpc) is 2.80. The van der Waals surface area contributed by atoms with Crippen molar-refractivity contribution in [3.63, 3.8) is 0 Å². The van der Waals surface area contributed by atoms with Crippen molar-refractivity contribution in [2.24, 2.45) is 5.41 Å². The largest absolute Gasteiger partial charge is 0.460 e. The molecule has 1 aromatic heterocycles. The number of aryl methyl sites for hydroxylation is 1. The summed E-state index contributed by atoms with van der Waals surface area (Å²) in [7, 11) is 0. The van der Waals surface area contributed by atoms with E-state index in [1.54, 1.807) is 0 Å². The first-order chi connectivity index (χ1) is 10.7. The lowest BCUT2D eigenvalue weighted by atomic mass is 9.92. The zero-order valence-corrected chi connectivity index (χ0v) is 14.8. The van der Waals surface area contributed by atoms with E-state index in [0.717, 1.165) is 11.1 Å². The Morgan fingerprint density at radius 1 is 1.22 bits per heavy atom. The summed E-state index contributed by atoms with van der Waals surface area (Å²) in [6, 6.07) is 8.11. The highest BCUT2D eigenvalue weighted by atomic mass is 16.5. The summed E-state index contributed by atoms with van der Waals surface area (Å²) in [4.78, 5) is 17.0. The average molecular weight is 315 g/mol. The van der Waals surface area contributed by atoms with E-state index in [1.807, 2.05) is 65.8 Å². The standard InChI is InChI=1S/C18H25N3O2/c1-12(2)23-17-19-16(14-9-7-13(3)8-10-14)21(20-17)15(22)11-18(4,5)6/h7-10,12H,11H2,1-6H3. The highest BCUT2D eigenvalue weighted by Crippen LogP contribution is 2.24. The molecule has 0 aliphatic carbocycles. The van der Waals surface area contributed by atoms with Crippen molar-refractivity contribution in [2.75, 3.05) is 0 Å². The minimum Gasteiger partial charge on any atom is -0.460 e. The Bertz CT molecular complexity index is 679. The van der Waals surface area contributed by atoms with Gasteiger partial charge in [-0.2, -0.15) is 9.67 Å². The van der Waals surface area contributed by atoms with E-state index in [9.17, 15) is 4.79 Å². The van der Waals surface area contributed by atoms with Gasteiger partial charge in [0.2, 0.25) is 5.91 Å². The highest BCUT2D eigenvalue weighted by Gasteiger charge is 2.23. The summed E-state index contributed by atoms with van der Waals surface area (Å²) >= 11 is 0. The first-order valence-corrected chi connectivity index (χ1v) is 7.90. The molecule has 0 spiro atoms. The number of hydrogen-bond donors (Lipinski definition) is 0. The lowest BCUT2D eigenvalue weighted by Gasteiger charge is -2.16. The van der Waals surface area contributed by atoms with Gasteiger partial charge in [-0.1, -0.05) is 50.6 Å². The van der Waals surface area contributed by atoms with Crippen molar-refractivity contribution >= 4 is 5.91 Å². The minimum atomic E-state index is -0.118. The van der Waals surface area contributed by atoms with Gasteiger partial charge in [0.1, 0.15) is 0 Å². The molecule has 0 saturated heterocycles. The molecule has 1 aromatic carbocycles. The first-order valence-electron chi connectivity index (χ1n) is 7.90. The number of benzene rings is 1. The number of ether oxygens (including phenoxy) is 1. The molecule has 5 heteroatoms. The Morgan fingerprint density at radius 2 is 1.83 bits per heavy atom. The third-order valence-electron chi connectivity index (χ3n) is 3.16. The third kappa shape index (κ3) is 4.65. The fraction of sp³-hybridized carbons (Fsp3) is 0.500. The van der Waals surface area contributed by atoms with Gasteiger partial charge >= 0.3 is 6.01 Å². The molecular weight excluding hydrogens is 290 g/mol. The van der Waals surface area contributed by atoms with Crippen LogP contribution in [0.25, 0.3) is 11.4 Å².